The number of carbonyl (C=O) groups is 1. The van der Waals surface area contributed by atoms with Crippen molar-refractivity contribution in [2.45, 2.75) is 76.4 Å². The molecule has 1 amide bonds. The second-order valence-electron chi connectivity index (χ2n) is 8.44. The minimum Gasteiger partial charge on any atom is -0.496 e. The molecule has 8 heteroatoms. The number of ether oxygens (including phenoxy) is 6. The quantitative estimate of drug-likeness (QED) is 0.796. The van der Waals surface area contributed by atoms with E-state index in [-0.39, 0.29) is 5.91 Å². The fourth-order valence-corrected chi connectivity index (χ4v) is 4.15. The lowest BCUT2D eigenvalue weighted by Crippen LogP contribution is -2.59. The molecule has 0 aromatic heterocycles. The van der Waals surface area contributed by atoms with E-state index in [2.05, 4.69) is 5.32 Å². The van der Waals surface area contributed by atoms with Gasteiger partial charge in [-0.25, -0.2) is 0 Å². The van der Waals surface area contributed by atoms with E-state index in [1.54, 1.807) is 7.11 Å². The van der Waals surface area contributed by atoms with Gasteiger partial charge in [0.15, 0.2) is 24.0 Å². The zero-order chi connectivity index (χ0) is 20.8. The molecule has 3 aliphatic rings. The number of carbonyl (C=O) groups excluding carboxylic acids is 1. The fourth-order valence-electron chi connectivity index (χ4n) is 4.15. The third-order valence-electron chi connectivity index (χ3n) is 5.30. The average Bonchev–Trinajstić information content (AvgIpc) is 3.15. The summed E-state index contributed by atoms with van der Waals surface area (Å²) in [5.41, 5.74) is 1.02. The summed E-state index contributed by atoms with van der Waals surface area (Å²) in [6.07, 6.45) is -2.37. The molecule has 3 heterocycles. The van der Waals surface area contributed by atoms with Crippen LogP contribution in [0.4, 0.5) is 0 Å². The summed E-state index contributed by atoms with van der Waals surface area (Å²) in [6, 6.07) is 7.74. The van der Waals surface area contributed by atoms with E-state index in [1.165, 1.54) is 0 Å². The number of amides is 1. The highest BCUT2D eigenvalue weighted by Gasteiger charge is 2.62. The second kappa shape index (κ2) is 7.52. The van der Waals surface area contributed by atoms with E-state index in [1.807, 2.05) is 52.0 Å². The Labute approximate surface area is 170 Å². The van der Waals surface area contributed by atoms with Gasteiger partial charge in [0.25, 0.3) is 5.91 Å². The summed E-state index contributed by atoms with van der Waals surface area (Å²) in [4.78, 5) is 12.9. The van der Waals surface area contributed by atoms with Gasteiger partial charge in [-0.3, -0.25) is 4.79 Å². The van der Waals surface area contributed by atoms with E-state index >= 15 is 0 Å². The molecule has 160 valence electrons. The summed E-state index contributed by atoms with van der Waals surface area (Å²) in [5, 5.41) is 2.94. The van der Waals surface area contributed by atoms with Crippen LogP contribution in [0.1, 0.15) is 33.3 Å². The summed E-state index contributed by atoms with van der Waals surface area (Å²) in [6.45, 7) is 7.70. The van der Waals surface area contributed by atoms with Gasteiger partial charge in [0.05, 0.1) is 7.11 Å². The standard InChI is InChI=1S/C21H29NO7/c1-20(2)26-14-15(27-20)17-19(29-21(3,4)28-17)25-16(14)18(23)22-11-10-12-8-6-7-9-13(12)24-5/h6-9,14-17,19H,10-11H2,1-5H3,(H,22,23)/t14-,15-,16+,17+,19+/m0/s1. The first kappa shape index (κ1) is 20.6. The van der Waals surface area contributed by atoms with Gasteiger partial charge in [0.1, 0.15) is 24.1 Å². The summed E-state index contributed by atoms with van der Waals surface area (Å²) >= 11 is 0. The van der Waals surface area contributed by atoms with Crippen molar-refractivity contribution in [3.8, 4) is 5.75 Å². The summed E-state index contributed by atoms with van der Waals surface area (Å²) in [5.74, 6) is -1.11. The van der Waals surface area contributed by atoms with Crippen LogP contribution in [0.2, 0.25) is 0 Å². The van der Waals surface area contributed by atoms with Crippen molar-refractivity contribution in [1.82, 2.24) is 5.32 Å². The van der Waals surface area contributed by atoms with Gasteiger partial charge in [0.2, 0.25) is 0 Å². The first-order valence-corrected chi connectivity index (χ1v) is 9.95. The number of hydrogen-bond donors (Lipinski definition) is 1. The lowest BCUT2D eigenvalue weighted by molar-refractivity contribution is -0.231. The fraction of sp³-hybridized carbons (Fsp3) is 0.667. The molecule has 3 aliphatic heterocycles. The summed E-state index contributed by atoms with van der Waals surface area (Å²) in [7, 11) is 1.63. The molecule has 0 spiro atoms. The molecule has 0 bridgehead atoms. The van der Waals surface area contributed by atoms with Crippen LogP contribution in [0, 0.1) is 0 Å². The summed E-state index contributed by atoms with van der Waals surface area (Å²) < 4.78 is 35.2. The van der Waals surface area contributed by atoms with Crippen molar-refractivity contribution in [2.24, 2.45) is 0 Å². The first-order valence-electron chi connectivity index (χ1n) is 9.95. The molecule has 0 unspecified atom stereocenters. The number of fused-ring (bicyclic) bond motifs is 3. The largest absolute Gasteiger partial charge is 0.496 e. The maximum atomic E-state index is 12.9. The molecule has 4 rings (SSSR count). The monoisotopic (exact) mass is 407 g/mol. The van der Waals surface area contributed by atoms with Crippen molar-refractivity contribution in [3.63, 3.8) is 0 Å². The Hall–Kier alpha value is -1.71. The van der Waals surface area contributed by atoms with Gasteiger partial charge in [-0.2, -0.15) is 0 Å². The topological polar surface area (TPSA) is 84.5 Å². The normalized spacial score (nSPS) is 34.3. The molecule has 1 N–H and O–H groups in total. The Kier molecular flexibility index (Phi) is 5.33. The molecule has 3 saturated heterocycles. The highest BCUT2D eigenvalue weighted by atomic mass is 16.9. The molecule has 0 radical (unpaired) electrons. The van der Waals surface area contributed by atoms with Gasteiger partial charge in [-0.15, -0.1) is 0 Å². The van der Waals surface area contributed by atoms with Gasteiger partial charge in [-0.05, 0) is 45.7 Å². The van der Waals surface area contributed by atoms with Crippen LogP contribution < -0.4 is 10.1 Å². The van der Waals surface area contributed by atoms with Crippen LogP contribution in [-0.4, -0.2) is 61.8 Å². The van der Waals surface area contributed by atoms with Crippen molar-refractivity contribution in [1.29, 1.82) is 0 Å². The van der Waals surface area contributed by atoms with Gasteiger partial charge in [0, 0.05) is 6.54 Å². The van der Waals surface area contributed by atoms with E-state index in [4.69, 9.17) is 28.4 Å². The SMILES string of the molecule is COc1ccccc1CCNC(=O)[C@@H]1O[C@@H]2OC(C)(C)O[C@@H]2[C@H]2OC(C)(C)O[C@@H]21. The minimum absolute atomic E-state index is 0.261. The highest BCUT2D eigenvalue weighted by molar-refractivity contribution is 5.81. The van der Waals surface area contributed by atoms with Crippen LogP contribution in [0.25, 0.3) is 0 Å². The molecule has 1 aromatic rings. The van der Waals surface area contributed by atoms with Gasteiger partial charge < -0.3 is 33.7 Å². The van der Waals surface area contributed by atoms with E-state index < -0.39 is 42.3 Å². The van der Waals surface area contributed by atoms with Crippen LogP contribution in [0.15, 0.2) is 24.3 Å². The molecule has 0 saturated carbocycles. The third kappa shape index (κ3) is 4.13. The first-order chi connectivity index (χ1) is 13.7. The Morgan fingerprint density at radius 2 is 1.66 bits per heavy atom. The Morgan fingerprint density at radius 1 is 1.00 bits per heavy atom. The van der Waals surface area contributed by atoms with Gasteiger partial charge >= 0.3 is 0 Å². The Bertz CT molecular complexity index is 765. The maximum Gasteiger partial charge on any atom is 0.252 e. The van der Waals surface area contributed by atoms with E-state index in [0.717, 1.165) is 11.3 Å². The lowest BCUT2D eigenvalue weighted by atomic mass is 9.98. The van der Waals surface area contributed by atoms with Crippen LogP contribution in [0.5, 0.6) is 5.75 Å². The van der Waals surface area contributed by atoms with Crippen molar-refractivity contribution >= 4 is 5.91 Å². The molecule has 8 nitrogen and oxygen atoms in total. The zero-order valence-electron chi connectivity index (χ0n) is 17.5. The van der Waals surface area contributed by atoms with Crippen LogP contribution in [0.3, 0.4) is 0 Å². The molecular formula is C21H29NO7. The Balaban J connectivity index is 1.43. The van der Waals surface area contributed by atoms with Crippen molar-refractivity contribution in [3.05, 3.63) is 29.8 Å². The second-order valence-corrected chi connectivity index (χ2v) is 8.44. The molecule has 1 aromatic carbocycles. The number of hydrogen-bond acceptors (Lipinski definition) is 7. The number of benzene rings is 1. The smallest absolute Gasteiger partial charge is 0.252 e. The van der Waals surface area contributed by atoms with E-state index in [0.29, 0.717) is 13.0 Å². The van der Waals surface area contributed by atoms with E-state index in [9.17, 15) is 4.79 Å². The number of para-hydroxylation sites is 1. The minimum atomic E-state index is -0.849. The number of nitrogens with one attached hydrogen (secondary N) is 1. The van der Waals surface area contributed by atoms with Crippen molar-refractivity contribution in [2.75, 3.05) is 13.7 Å². The van der Waals surface area contributed by atoms with Crippen LogP contribution in [-0.2, 0) is 34.9 Å². The molecular weight excluding hydrogens is 378 g/mol. The van der Waals surface area contributed by atoms with Crippen LogP contribution >= 0.6 is 0 Å². The predicted molar refractivity (Wildman–Crippen MR) is 102 cm³/mol. The highest BCUT2D eigenvalue weighted by Crippen LogP contribution is 2.44. The lowest BCUT2D eigenvalue weighted by Gasteiger charge is -2.36. The predicted octanol–water partition coefficient (Wildman–Crippen LogP) is 1.75. The van der Waals surface area contributed by atoms with Crippen molar-refractivity contribution < 1.29 is 33.2 Å². The third-order valence-corrected chi connectivity index (χ3v) is 5.30. The maximum absolute atomic E-state index is 12.9. The average molecular weight is 407 g/mol. The number of methoxy groups -OCH3 is 1. The zero-order valence-corrected chi connectivity index (χ0v) is 17.5. The number of rotatable bonds is 5. The molecule has 3 fully saturated rings. The molecule has 29 heavy (non-hydrogen) atoms. The van der Waals surface area contributed by atoms with Gasteiger partial charge in [-0.1, -0.05) is 18.2 Å². The molecule has 0 aliphatic carbocycles. The Morgan fingerprint density at radius 3 is 2.41 bits per heavy atom. The molecule has 5 atom stereocenters.